The van der Waals surface area contributed by atoms with Crippen LogP contribution in [0.1, 0.15) is 113 Å². The van der Waals surface area contributed by atoms with E-state index in [-0.39, 0.29) is 11.5 Å². The van der Waals surface area contributed by atoms with Gasteiger partial charge in [0, 0.05) is 0 Å². The largest absolute Gasteiger partial charge is 0.393 e. The Hall–Kier alpha value is -0.560. The molecule has 0 aromatic carbocycles. The summed E-state index contributed by atoms with van der Waals surface area (Å²) in [6.45, 7) is 21.8. The Bertz CT molecular complexity index is 742. The van der Waals surface area contributed by atoms with Crippen LogP contribution in [-0.2, 0) is 0 Å². The fourth-order valence-corrected chi connectivity index (χ4v) is 9.95. The summed E-state index contributed by atoms with van der Waals surface area (Å²) in [4.78, 5) is 0. The van der Waals surface area contributed by atoms with Crippen molar-refractivity contribution in [3.63, 3.8) is 0 Å². The fourth-order valence-electron chi connectivity index (χ4n) is 9.95. The Morgan fingerprint density at radius 3 is 2.23 bits per heavy atom. The predicted molar refractivity (Wildman–Crippen MR) is 133 cm³/mol. The maximum Gasteiger partial charge on any atom is 0.0594 e. The molecule has 176 valence electrons. The van der Waals surface area contributed by atoms with Crippen LogP contribution in [0.3, 0.4) is 0 Å². The Balaban J connectivity index is 1.59. The van der Waals surface area contributed by atoms with Gasteiger partial charge in [-0.25, -0.2) is 0 Å². The van der Waals surface area contributed by atoms with Crippen molar-refractivity contribution in [2.75, 3.05) is 0 Å². The summed E-state index contributed by atoms with van der Waals surface area (Å²) in [5.74, 6) is 3.04. The summed E-state index contributed by atoms with van der Waals surface area (Å²) in [7, 11) is 0. The number of hydrogen-bond acceptors (Lipinski definition) is 1. The summed E-state index contributed by atoms with van der Waals surface area (Å²) in [5, 5.41) is 10.8. The first-order valence-corrected chi connectivity index (χ1v) is 13.4. The van der Waals surface area contributed by atoms with Crippen LogP contribution < -0.4 is 0 Å². The SMILES string of the molecule is C=C(CCC=C(C)C)[C@H]1CC[C@]2(C)C1CCC1[C@@]3(C)CC[C@H](O)C(C)(C)C3CC[C@]12C. The second-order valence-electron chi connectivity index (χ2n) is 13.7. The first-order chi connectivity index (χ1) is 14.4. The van der Waals surface area contributed by atoms with E-state index >= 15 is 0 Å². The lowest BCUT2D eigenvalue weighted by molar-refractivity contribution is -0.220. The van der Waals surface area contributed by atoms with Gasteiger partial charge in [0.2, 0.25) is 0 Å². The molecule has 0 radical (unpaired) electrons. The van der Waals surface area contributed by atoms with Crippen molar-refractivity contribution >= 4 is 0 Å². The second-order valence-corrected chi connectivity index (χ2v) is 13.7. The lowest BCUT2D eigenvalue weighted by atomic mass is 9.35. The van der Waals surface area contributed by atoms with Gasteiger partial charge in [0.05, 0.1) is 6.10 Å². The second kappa shape index (κ2) is 7.75. The Kier molecular flexibility index (Phi) is 5.90. The number of rotatable bonds is 4. The van der Waals surface area contributed by atoms with E-state index in [0.29, 0.717) is 22.2 Å². The van der Waals surface area contributed by atoms with Gasteiger partial charge in [-0.1, -0.05) is 58.4 Å². The van der Waals surface area contributed by atoms with Crippen molar-refractivity contribution < 1.29 is 5.11 Å². The molecule has 1 heteroatoms. The van der Waals surface area contributed by atoms with Crippen molar-refractivity contribution in [3.8, 4) is 0 Å². The van der Waals surface area contributed by atoms with E-state index in [2.05, 4.69) is 61.1 Å². The summed E-state index contributed by atoms with van der Waals surface area (Å²) in [6, 6.07) is 0. The number of aliphatic hydroxyl groups is 1. The molecule has 0 aromatic heterocycles. The van der Waals surface area contributed by atoms with Crippen molar-refractivity contribution in [1.82, 2.24) is 0 Å². The molecule has 3 unspecified atom stereocenters. The minimum absolute atomic E-state index is 0.0590. The lowest BCUT2D eigenvalue weighted by Gasteiger charge is -2.69. The van der Waals surface area contributed by atoms with E-state index in [1.807, 2.05) is 0 Å². The van der Waals surface area contributed by atoms with Crippen LogP contribution in [0.2, 0.25) is 0 Å². The zero-order valence-electron chi connectivity index (χ0n) is 21.7. The highest BCUT2D eigenvalue weighted by Crippen LogP contribution is 2.75. The Morgan fingerprint density at radius 1 is 0.871 bits per heavy atom. The minimum atomic E-state index is -0.123. The Labute approximate surface area is 193 Å². The van der Waals surface area contributed by atoms with Crippen LogP contribution in [-0.4, -0.2) is 11.2 Å². The van der Waals surface area contributed by atoms with Crippen LogP contribution >= 0.6 is 0 Å². The maximum atomic E-state index is 10.8. The first-order valence-electron chi connectivity index (χ1n) is 13.4. The summed E-state index contributed by atoms with van der Waals surface area (Å²) in [5.41, 5.74) is 4.31. The van der Waals surface area contributed by atoms with E-state index in [1.54, 1.807) is 0 Å². The zero-order chi connectivity index (χ0) is 22.8. The third-order valence-electron chi connectivity index (χ3n) is 11.9. The van der Waals surface area contributed by atoms with Crippen LogP contribution in [0.4, 0.5) is 0 Å². The molecule has 0 bridgehead atoms. The monoisotopic (exact) mass is 426 g/mol. The molecule has 31 heavy (non-hydrogen) atoms. The van der Waals surface area contributed by atoms with Crippen molar-refractivity contribution in [1.29, 1.82) is 0 Å². The van der Waals surface area contributed by atoms with Gasteiger partial charge in [0.25, 0.3) is 0 Å². The topological polar surface area (TPSA) is 20.2 Å². The van der Waals surface area contributed by atoms with E-state index in [4.69, 9.17) is 0 Å². The van der Waals surface area contributed by atoms with Crippen molar-refractivity contribution in [2.45, 2.75) is 119 Å². The number of hydrogen-bond donors (Lipinski definition) is 1. The third-order valence-corrected chi connectivity index (χ3v) is 11.9. The summed E-state index contributed by atoms with van der Waals surface area (Å²) in [6.07, 6.45) is 15.0. The van der Waals surface area contributed by atoms with E-state index in [9.17, 15) is 5.11 Å². The first kappa shape index (κ1) is 23.6. The normalized spacial score (nSPS) is 48.3. The summed E-state index contributed by atoms with van der Waals surface area (Å²) < 4.78 is 0. The number of aliphatic hydroxyl groups excluding tert-OH is 1. The predicted octanol–water partition coefficient (Wildman–Crippen LogP) is 8.34. The molecule has 4 aliphatic carbocycles. The molecule has 0 amide bonds. The lowest BCUT2D eigenvalue weighted by Crippen LogP contribution is -2.63. The van der Waals surface area contributed by atoms with Gasteiger partial charge in [-0.15, -0.1) is 0 Å². The minimum Gasteiger partial charge on any atom is -0.393 e. The van der Waals surface area contributed by atoms with Gasteiger partial charge in [0.15, 0.2) is 0 Å². The van der Waals surface area contributed by atoms with Crippen molar-refractivity contribution in [3.05, 3.63) is 23.8 Å². The zero-order valence-corrected chi connectivity index (χ0v) is 21.7. The average Bonchev–Trinajstić information content (AvgIpc) is 3.03. The molecule has 0 heterocycles. The van der Waals surface area contributed by atoms with E-state index < -0.39 is 0 Å². The van der Waals surface area contributed by atoms with Gasteiger partial charge >= 0.3 is 0 Å². The summed E-state index contributed by atoms with van der Waals surface area (Å²) >= 11 is 0. The molecule has 1 N–H and O–H groups in total. The molecule has 4 rings (SSSR count). The molecule has 0 spiro atoms. The quantitative estimate of drug-likeness (QED) is 0.448. The average molecular weight is 427 g/mol. The number of fused-ring (bicyclic) bond motifs is 5. The molecule has 4 saturated carbocycles. The van der Waals surface area contributed by atoms with Crippen molar-refractivity contribution in [2.24, 2.45) is 45.3 Å². The number of allylic oxidation sites excluding steroid dienone is 3. The highest BCUT2D eigenvalue weighted by molar-refractivity contribution is 5.20. The van der Waals surface area contributed by atoms with Crippen LogP contribution in [0.5, 0.6) is 0 Å². The highest BCUT2D eigenvalue weighted by atomic mass is 16.3. The molecule has 4 fully saturated rings. The smallest absolute Gasteiger partial charge is 0.0594 e. The van der Waals surface area contributed by atoms with Gasteiger partial charge in [-0.2, -0.15) is 0 Å². The molecule has 0 saturated heterocycles. The fraction of sp³-hybridized carbons (Fsp3) is 0.867. The van der Waals surface area contributed by atoms with Gasteiger partial charge < -0.3 is 5.11 Å². The van der Waals surface area contributed by atoms with E-state index in [0.717, 1.165) is 30.6 Å². The van der Waals surface area contributed by atoms with Crippen LogP contribution in [0, 0.1) is 45.3 Å². The van der Waals surface area contributed by atoms with Gasteiger partial charge in [-0.3, -0.25) is 0 Å². The Morgan fingerprint density at radius 2 is 1.55 bits per heavy atom. The van der Waals surface area contributed by atoms with Gasteiger partial charge in [-0.05, 0) is 123 Å². The molecule has 0 aromatic rings. The third kappa shape index (κ3) is 3.34. The standard InChI is InChI=1S/C30H50O/c1-20(2)10-9-11-21(3)22-14-18-29(7)23(22)12-13-25-28(6)17-16-26(31)27(4,5)24(28)15-19-30(25,29)8/h10,22-26,31H,3,9,11-19H2,1-2,4-8H3/t22-,23?,24?,25?,26+,28+,29-,30-/m1/s1. The molecular formula is C30H50O. The van der Waals surface area contributed by atoms with Crippen LogP contribution in [0.25, 0.3) is 0 Å². The molecule has 8 atom stereocenters. The van der Waals surface area contributed by atoms with E-state index in [1.165, 1.54) is 62.5 Å². The molecule has 1 nitrogen and oxygen atoms in total. The molecule has 4 aliphatic rings. The highest BCUT2D eigenvalue weighted by Gasteiger charge is 2.68. The molecular weight excluding hydrogens is 376 g/mol. The molecule has 0 aliphatic heterocycles. The van der Waals surface area contributed by atoms with Gasteiger partial charge in [0.1, 0.15) is 0 Å². The maximum absolute atomic E-state index is 10.8. The van der Waals surface area contributed by atoms with Crippen LogP contribution in [0.15, 0.2) is 23.8 Å².